The molecule has 0 atom stereocenters. The van der Waals surface area contributed by atoms with E-state index in [0.717, 1.165) is 0 Å². The predicted molar refractivity (Wildman–Crippen MR) is 35.8 cm³/mol. The molecule has 9 heavy (non-hydrogen) atoms. The van der Waals surface area contributed by atoms with E-state index >= 15 is 0 Å². The van der Waals surface area contributed by atoms with Crippen molar-refractivity contribution in [2.24, 2.45) is 0 Å². The van der Waals surface area contributed by atoms with Crippen LogP contribution in [0.15, 0.2) is 0 Å². The van der Waals surface area contributed by atoms with Crippen LogP contribution in [-0.4, -0.2) is 26.2 Å². The van der Waals surface area contributed by atoms with Gasteiger partial charge in [-0.05, 0) is 0 Å². The second kappa shape index (κ2) is 5.56. The van der Waals surface area contributed by atoms with Gasteiger partial charge in [-0.1, -0.05) is 6.92 Å². The Kier molecular flexibility index (Phi) is 5.21. The number of ether oxygens (including phenoxy) is 2. The van der Waals surface area contributed by atoms with Crippen LogP contribution in [-0.2, 0) is 9.47 Å². The van der Waals surface area contributed by atoms with E-state index in [4.69, 9.17) is 14.9 Å². The number of nitrogens with one attached hydrogen (secondary N) is 1. The van der Waals surface area contributed by atoms with Gasteiger partial charge >= 0.3 is 0 Å². The Labute approximate surface area is 55.5 Å². The number of hydrogen-bond acceptors (Lipinski definition) is 3. The summed E-state index contributed by atoms with van der Waals surface area (Å²) in [4.78, 5) is 0. The van der Waals surface area contributed by atoms with Gasteiger partial charge in [-0.3, -0.25) is 5.41 Å². The monoisotopic (exact) mass is 131 g/mol. The van der Waals surface area contributed by atoms with Crippen LogP contribution < -0.4 is 0 Å². The molecule has 0 saturated carbocycles. The SMILES string of the molecule is CCC(=N)OCCOC. The summed E-state index contributed by atoms with van der Waals surface area (Å²) >= 11 is 0. The Morgan fingerprint density at radius 3 is 2.56 bits per heavy atom. The number of rotatable bonds is 4. The van der Waals surface area contributed by atoms with Gasteiger partial charge in [0.15, 0.2) is 5.90 Å². The molecule has 0 unspecified atom stereocenters. The standard InChI is InChI=1S/C6H13NO2/c1-3-6(7)9-5-4-8-2/h7H,3-5H2,1-2H3. The largest absolute Gasteiger partial charge is 0.479 e. The summed E-state index contributed by atoms with van der Waals surface area (Å²) in [5.41, 5.74) is 0. The van der Waals surface area contributed by atoms with Gasteiger partial charge in [0.2, 0.25) is 0 Å². The summed E-state index contributed by atoms with van der Waals surface area (Å²) in [5.74, 6) is 0.326. The molecule has 0 rings (SSSR count). The molecule has 0 bridgehead atoms. The van der Waals surface area contributed by atoms with Gasteiger partial charge < -0.3 is 9.47 Å². The average molecular weight is 131 g/mol. The summed E-state index contributed by atoms with van der Waals surface area (Å²) in [7, 11) is 1.61. The third-order valence-corrected chi connectivity index (χ3v) is 0.885. The van der Waals surface area contributed by atoms with Crippen LogP contribution in [0.3, 0.4) is 0 Å². The van der Waals surface area contributed by atoms with Gasteiger partial charge in [0.25, 0.3) is 0 Å². The van der Waals surface area contributed by atoms with Crippen LogP contribution in [0.5, 0.6) is 0 Å². The molecule has 0 saturated heterocycles. The van der Waals surface area contributed by atoms with E-state index in [1.807, 2.05) is 6.92 Å². The maximum absolute atomic E-state index is 7.04. The fourth-order valence-electron chi connectivity index (χ4n) is 0.350. The van der Waals surface area contributed by atoms with E-state index in [-0.39, 0.29) is 0 Å². The minimum atomic E-state index is 0.326. The van der Waals surface area contributed by atoms with Gasteiger partial charge in [0, 0.05) is 13.5 Å². The topological polar surface area (TPSA) is 42.3 Å². The molecule has 0 spiro atoms. The molecule has 0 aliphatic heterocycles. The zero-order chi connectivity index (χ0) is 7.11. The lowest BCUT2D eigenvalue weighted by molar-refractivity contribution is 0.139. The molecule has 0 amide bonds. The van der Waals surface area contributed by atoms with Crippen molar-refractivity contribution in [3.05, 3.63) is 0 Å². The Hall–Kier alpha value is -0.570. The van der Waals surface area contributed by atoms with Gasteiger partial charge in [-0.15, -0.1) is 0 Å². The molecule has 54 valence electrons. The van der Waals surface area contributed by atoms with Gasteiger partial charge in [0.1, 0.15) is 6.61 Å². The zero-order valence-corrected chi connectivity index (χ0v) is 5.94. The lowest BCUT2D eigenvalue weighted by atomic mass is 10.5. The first kappa shape index (κ1) is 8.43. The minimum absolute atomic E-state index is 0.326. The van der Waals surface area contributed by atoms with E-state index in [9.17, 15) is 0 Å². The highest BCUT2D eigenvalue weighted by Crippen LogP contribution is 1.83. The molecule has 3 nitrogen and oxygen atoms in total. The van der Waals surface area contributed by atoms with Crippen molar-refractivity contribution in [2.75, 3.05) is 20.3 Å². The van der Waals surface area contributed by atoms with E-state index in [1.165, 1.54) is 0 Å². The Morgan fingerprint density at radius 1 is 1.44 bits per heavy atom. The third kappa shape index (κ3) is 5.30. The number of methoxy groups -OCH3 is 1. The first-order chi connectivity index (χ1) is 4.31. The van der Waals surface area contributed by atoms with Crippen molar-refractivity contribution >= 4 is 5.90 Å². The van der Waals surface area contributed by atoms with Crippen molar-refractivity contribution < 1.29 is 9.47 Å². The summed E-state index contributed by atoms with van der Waals surface area (Å²) in [5, 5.41) is 7.04. The van der Waals surface area contributed by atoms with Crippen molar-refractivity contribution in [2.45, 2.75) is 13.3 Å². The quantitative estimate of drug-likeness (QED) is 0.352. The van der Waals surface area contributed by atoms with E-state index in [0.29, 0.717) is 25.5 Å². The molecular formula is C6H13NO2. The van der Waals surface area contributed by atoms with Gasteiger partial charge in [-0.25, -0.2) is 0 Å². The van der Waals surface area contributed by atoms with Gasteiger partial charge in [0.05, 0.1) is 6.61 Å². The Balaban J connectivity index is 2.97. The molecular weight excluding hydrogens is 118 g/mol. The van der Waals surface area contributed by atoms with Crippen LogP contribution in [0.1, 0.15) is 13.3 Å². The molecule has 0 aromatic carbocycles. The van der Waals surface area contributed by atoms with Crippen molar-refractivity contribution in [3.8, 4) is 0 Å². The van der Waals surface area contributed by atoms with E-state index < -0.39 is 0 Å². The Bertz CT molecular complexity index is 83.1. The van der Waals surface area contributed by atoms with E-state index in [2.05, 4.69) is 0 Å². The first-order valence-electron chi connectivity index (χ1n) is 3.00. The molecule has 0 aromatic heterocycles. The van der Waals surface area contributed by atoms with Crippen LogP contribution >= 0.6 is 0 Å². The van der Waals surface area contributed by atoms with Crippen molar-refractivity contribution in [3.63, 3.8) is 0 Å². The van der Waals surface area contributed by atoms with Crippen LogP contribution in [0.2, 0.25) is 0 Å². The Morgan fingerprint density at radius 2 is 2.11 bits per heavy atom. The lowest BCUT2D eigenvalue weighted by Gasteiger charge is -2.02. The summed E-state index contributed by atoms with van der Waals surface area (Å²) < 4.78 is 9.60. The molecule has 0 heterocycles. The molecule has 0 aliphatic carbocycles. The fraction of sp³-hybridized carbons (Fsp3) is 0.833. The summed E-state index contributed by atoms with van der Waals surface area (Å²) in [6, 6.07) is 0. The lowest BCUT2D eigenvalue weighted by Crippen LogP contribution is -2.07. The highest BCUT2D eigenvalue weighted by atomic mass is 16.5. The zero-order valence-electron chi connectivity index (χ0n) is 5.94. The maximum Gasteiger partial charge on any atom is 0.180 e. The normalized spacial score (nSPS) is 9.11. The number of hydrogen-bond donors (Lipinski definition) is 1. The first-order valence-corrected chi connectivity index (χ1v) is 3.00. The highest BCUT2D eigenvalue weighted by molar-refractivity contribution is 5.71. The molecule has 0 fully saturated rings. The molecule has 0 radical (unpaired) electrons. The molecule has 3 heteroatoms. The minimum Gasteiger partial charge on any atom is -0.479 e. The smallest absolute Gasteiger partial charge is 0.180 e. The average Bonchev–Trinajstić information content (AvgIpc) is 1.89. The van der Waals surface area contributed by atoms with Gasteiger partial charge in [-0.2, -0.15) is 0 Å². The van der Waals surface area contributed by atoms with Crippen LogP contribution in [0, 0.1) is 5.41 Å². The molecule has 1 N–H and O–H groups in total. The summed E-state index contributed by atoms with van der Waals surface area (Å²) in [6.45, 7) is 2.93. The maximum atomic E-state index is 7.04. The molecule has 0 aromatic rings. The van der Waals surface area contributed by atoms with Crippen molar-refractivity contribution in [1.82, 2.24) is 0 Å². The predicted octanol–water partition coefficient (Wildman–Crippen LogP) is 1.04. The second-order valence-electron chi connectivity index (χ2n) is 1.62. The summed E-state index contributed by atoms with van der Waals surface area (Å²) in [6.07, 6.45) is 0.656. The highest BCUT2D eigenvalue weighted by Gasteiger charge is 1.90. The third-order valence-electron chi connectivity index (χ3n) is 0.885. The fourth-order valence-corrected chi connectivity index (χ4v) is 0.350. The van der Waals surface area contributed by atoms with Crippen molar-refractivity contribution in [1.29, 1.82) is 5.41 Å². The van der Waals surface area contributed by atoms with Crippen LogP contribution in [0.4, 0.5) is 0 Å². The van der Waals surface area contributed by atoms with Crippen LogP contribution in [0.25, 0.3) is 0 Å². The van der Waals surface area contributed by atoms with E-state index in [1.54, 1.807) is 7.11 Å². The molecule has 0 aliphatic rings. The second-order valence-corrected chi connectivity index (χ2v) is 1.62.